The van der Waals surface area contributed by atoms with Gasteiger partial charge in [0.05, 0.1) is 14.2 Å². The number of pyridine rings is 1. The summed E-state index contributed by atoms with van der Waals surface area (Å²) in [5, 5.41) is 3.25. The molecule has 0 saturated carbocycles. The number of nitrogens with zero attached hydrogens (tertiary/aromatic N) is 1. The standard InChI is InChI=1S/C21H21F3N2O4/c1-28-16-6-5-14(12-17(16)29-2)18(13-7-10-25-11-8-13)15-4-3-9-26-19(15)30-20(27)21(22,23)24/h3-6,9,12,25H,7-8,10-11H2,1-2H3. The first-order valence-corrected chi connectivity index (χ1v) is 9.24. The van der Waals surface area contributed by atoms with Crippen LogP contribution in [-0.4, -0.2) is 44.4 Å². The molecular weight excluding hydrogens is 401 g/mol. The Hall–Kier alpha value is -3.07. The maximum Gasteiger partial charge on any atom is 0.491 e. The smallest absolute Gasteiger partial charge is 0.491 e. The van der Waals surface area contributed by atoms with Gasteiger partial charge in [-0.2, -0.15) is 13.2 Å². The molecule has 1 N–H and O–H groups in total. The van der Waals surface area contributed by atoms with Crippen molar-refractivity contribution in [3.05, 3.63) is 53.2 Å². The summed E-state index contributed by atoms with van der Waals surface area (Å²) in [5.74, 6) is -1.72. The normalized spacial score (nSPS) is 14.2. The van der Waals surface area contributed by atoms with Crippen molar-refractivity contribution in [1.29, 1.82) is 0 Å². The highest BCUT2D eigenvalue weighted by Gasteiger charge is 2.42. The van der Waals surface area contributed by atoms with Gasteiger partial charge in [0.15, 0.2) is 11.5 Å². The van der Waals surface area contributed by atoms with E-state index in [4.69, 9.17) is 9.47 Å². The van der Waals surface area contributed by atoms with E-state index in [2.05, 4.69) is 15.0 Å². The molecule has 1 aromatic heterocycles. The van der Waals surface area contributed by atoms with Crippen LogP contribution >= 0.6 is 0 Å². The minimum atomic E-state index is -5.12. The zero-order valence-corrected chi connectivity index (χ0v) is 16.5. The van der Waals surface area contributed by atoms with Crippen molar-refractivity contribution in [3.8, 4) is 17.4 Å². The maximum absolute atomic E-state index is 12.8. The summed E-state index contributed by atoms with van der Waals surface area (Å²) in [7, 11) is 3.01. The van der Waals surface area contributed by atoms with Gasteiger partial charge in [-0.25, -0.2) is 9.78 Å². The van der Waals surface area contributed by atoms with Crippen LogP contribution in [0.2, 0.25) is 0 Å². The number of nitrogens with one attached hydrogen (secondary N) is 1. The van der Waals surface area contributed by atoms with E-state index in [0.717, 1.165) is 18.7 Å². The Kier molecular flexibility index (Phi) is 6.61. The third-order valence-electron chi connectivity index (χ3n) is 4.69. The van der Waals surface area contributed by atoms with Gasteiger partial charge in [0.2, 0.25) is 5.88 Å². The first kappa shape index (κ1) is 21.6. The van der Waals surface area contributed by atoms with Gasteiger partial charge in [-0.05, 0) is 61.3 Å². The number of aromatic nitrogens is 1. The summed E-state index contributed by atoms with van der Waals surface area (Å²) in [5.41, 5.74) is 2.68. The number of rotatable bonds is 5. The maximum atomic E-state index is 12.8. The zero-order valence-electron chi connectivity index (χ0n) is 16.5. The Morgan fingerprint density at radius 1 is 1.07 bits per heavy atom. The average Bonchev–Trinajstić information content (AvgIpc) is 2.75. The summed E-state index contributed by atoms with van der Waals surface area (Å²) in [6, 6.07) is 8.42. The van der Waals surface area contributed by atoms with Crippen LogP contribution in [0, 0.1) is 0 Å². The fraction of sp³-hybridized carbons (Fsp3) is 0.333. The van der Waals surface area contributed by atoms with Crippen LogP contribution in [0.4, 0.5) is 13.2 Å². The van der Waals surface area contributed by atoms with Crippen LogP contribution in [0.3, 0.4) is 0 Å². The zero-order chi connectivity index (χ0) is 21.7. The SMILES string of the molecule is COc1ccc(C(=C2CCNCC2)c2cccnc2OC(=O)C(F)(F)F)cc1OC. The fourth-order valence-corrected chi connectivity index (χ4v) is 3.33. The predicted octanol–water partition coefficient (Wildman–Crippen LogP) is 3.75. The Bertz CT molecular complexity index is 950. The van der Waals surface area contributed by atoms with Crippen LogP contribution in [0.25, 0.3) is 5.57 Å². The molecule has 1 aliphatic rings. The van der Waals surface area contributed by atoms with Gasteiger partial charge in [-0.3, -0.25) is 0 Å². The summed E-state index contributed by atoms with van der Waals surface area (Å²) in [6.45, 7) is 1.45. The lowest BCUT2D eigenvalue weighted by molar-refractivity contribution is -0.190. The van der Waals surface area contributed by atoms with E-state index in [1.807, 2.05) is 0 Å². The van der Waals surface area contributed by atoms with Crippen molar-refractivity contribution in [3.63, 3.8) is 0 Å². The highest BCUT2D eigenvalue weighted by atomic mass is 19.4. The van der Waals surface area contributed by atoms with E-state index >= 15 is 0 Å². The minimum Gasteiger partial charge on any atom is -0.493 e. The topological polar surface area (TPSA) is 69.7 Å². The fourth-order valence-electron chi connectivity index (χ4n) is 3.33. The molecule has 0 amide bonds. The van der Waals surface area contributed by atoms with E-state index in [0.29, 0.717) is 41.0 Å². The van der Waals surface area contributed by atoms with E-state index in [9.17, 15) is 18.0 Å². The molecule has 3 rings (SSSR count). The van der Waals surface area contributed by atoms with Crippen molar-refractivity contribution in [1.82, 2.24) is 10.3 Å². The second-order valence-electron chi connectivity index (χ2n) is 6.54. The number of alkyl halides is 3. The van der Waals surface area contributed by atoms with Gasteiger partial charge in [-0.15, -0.1) is 0 Å². The first-order chi connectivity index (χ1) is 14.3. The molecule has 1 aromatic carbocycles. The van der Waals surface area contributed by atoms with Crippen LogP contribution in [0.1, 0.15) is 24.0 Å². The van der Waals surface area contributed by atoms with Crippen molar-refractivity contribution in [2.45, 2.75) is 19.0 Å². The van der Waals surface area contributed by atoms with Gasteiger partial charge in [0.25, 0.3) is 0 Å². The quantitative estimate of drug-likeness (QED) is 0.741. The molecule has 6 nitrogen and oxygen atoms in total. The van der Waals surface area contributed by atoms with Crippen LogP contribution in [0.15, 0.2) is 42.1 Å². The molecule has 1 fully saturated rings. The lowest BCUT2D eigenvalue weighted by Gasteiger charge is -2.22. The van der Waals surface area contributed by atoms with Crippen molar-refractivity contribution in [2.24, 2.45) is 0 Å². The molecule has 9 heteroatoms. The van der Waals surface area contributed by atoms with Crippen LogP contribution < -0.4 is 19.5 Å². The van der Waals surface area contributed by atoms with Crippen molar-refractivity contribution in [2.75, 3.05) is 27.3 Å². The third-order valence-corrected chi connectivity index (χ3v) is 4.69. The van der Waals surface area contributed by atoms with Crippen molar-refractivity contribution < 1.29 is 32.2 Å². The number of carbonyl (C=O) groups excluding carboxylic acids is 1. The number of esters is 1. The molecule has 2 aromatic rings. The number of halogens is 3. The van der Waals surface area contributed by atoms with E-state index in [1.165, 1.54) is 20.4 Å². The van der Waals surface area contributed by atoms with E-state index < -0.39 is 18.0 Å². The molecule has 2 heterocycles. The monoisotopic (exact) mass is 422 g/mol. The van der Waals surface area contributed by atoms with Gasteiger partial charge >= 0.3 is 12.1 Å². The Labute approximate surface area is 171 Å². The van der Waals surface area contributed by atoms with Crippen LogP contribution in [0.5, 0.6) is 17.4 Å². The number of hydrogen-bond acceptors (Lipinski definition) is 6. The number of carbonyl (C=O) groups is 1. The lowest BCUT2D eigenvalue weighted by atomic mass is 9.89. The largest absolute Gasteiger partial charge is 0.493 e. The third kappa shape index (κ3) is 4.73. The molecule has 0 aliphatic carbocycles. The molecular formula is C21H21F3N2O4. The highest BCUT2D eigenvalue weighted by Crippen LogP contribution is 2.39. The molecule has 0 radical (unpaired) electrons. The van der Waals surface area contributed by atoms with E-state index in [-0.39, 0.29) is 0 Å². The lowest BCUT2D eigenvalue weighted by Crippen LogP contribution is -2.28. The summed E-state index contributed by atoms with van der Waals surface area (Å²) >= 11 is 0. The summed E-state index contributed by atoms with van der Waals surface area (Å²) in [4.78, 5) is 15.4. The van der Waals surface area contributed by atoms with E-state index in [1.54, 1.807) is 30.3 Å². The van der Waals surface area contributed by atoms with Gasteiger partial charge in [0, 0.05) is 11.8 Å². The van der Waals surface area contributed by atoms with Gasteiger partial charge in [0.1, 0.15) is 0 Å². The molecule has 0 unspecified atom stereocenters. The summed E-state index contributed by atoms with van der Waals surface area (Å²) in [6.07, 6.45) is -2.47. The number of hydrogen-bond donors (Lipinski definition) is 1. The second kappa shape index (κ2) is 9.17. The average molecular weight is 422 g/mol. The number of benzene rings is 1. The van der Waals surface area contributed by atoms with Gasteiger partial charge < -0.3 is 19.5 Å². The number of piperidine rings is 1. The Morgan fingerprint density at radius 2 is 1.77 bits per heavy atom. The molecule has 0 bridgehead atoms. The predicted molar refractivity (Wildman–Crippen MR) is 104 cm³/mol. The molecule has 0 spiro atoms. The second-order valence-corrected chi connectivity index (χ2v) is 6.54. The number of ether oxygens (including phenoxy) is 3. The Morgan fingerprint density at radius 3 is 2.40 bits per heavy atom. The molecule has 160 valence electrons. The molecule has 0 atom stereocenters. The highest BCUT2D eigenvalue weighted by molar-refractivity contribution is 5.87. The minimum absolute atomic E-state index is 0.305. The first-order valence-electron chi connectivity index (χ1n) is 9.24. The Balaban J connectivity index is 2.16. The van der Waals surface area contributed by atoms with Gasteiger partial charge in [-0.1, -0.05) is 11.6 Å². The molecule has 30 heavy (non-hydrogen) atoms. The summed E-state index contributed by atoms with van der Waals surface area (Å²) < 4.78 is 53.6. The molecule has 1 aliphatic heterocycles. The number of methoxy groups -OCH3 is 2. The molecule has 1 saturated heterocycles. The van der Waals surface area contributed by atoms with Crippen LogP contribution in [-0.2, 0) is 4.79 Å². The van der Waals surface area contributed by atoms with Crippen molar-refractivity contribution >= 4 is 11.5 Å².